The first-order chi connectivity index (χ1) is 7.65. The molecule has 3 atom stereocenters. The van der Waals surface area contributed by atoms with Crippen LogP contribution in [0.2, 0.25) is 0 Å². The molecule has 5 heteroatoms. The molecule has 1 heterocycles. The van der Waals surface area contributed by atoms with E-state index in [1.807, 2.05) is 0 Å². The molecule has 0 unspecified atom stereocenters. The predicted molar refractivity (Wildman–Crippen MR) is 55.9 cm³/mol. The van der Waals surface area contributed by atoms with Crippen molar-refractivity contribution in [1.82, 2.24) is 4.90 Å². The molecular weight excluding hydrogens is 210 g/mol. The standard InChI is InChI=1S/C11H15NO4/c1-2-5-16-11(15)12-4-3-7-6-8(7)9(12)10(13)14/h2,7-9H,1,3-6H2,(H,13,14)/t7-,8+,9+/m0/s1. The fraction of sp³-hybridized carbons (Fsp3) is 0.636. The number of amides is 1. The van der Waals surface area contributed by atoms with Gasteiger partial charge in [0.05, 0.1) is 0 Å². The first-order valence-electron chi connectivity index (χ1n) is 5.42. The molecule has 0 spiro atoms. The number of carbonyl (C=O) groups is 2. The van der Waals surface area contributed by atoms with E-state index in [-0.39, 0.29) is 12.5 Å². The van der Waals surface area contributed by atoms with Gasteiger partial charge in [0.2, 0.25) is 0 Å². The van der Waals surface area contributed by atoms with Crippen LogP contribution < -0.4 is 0 Å². The molecule has 2 aliphatic rings. The Hall–Kier alpha value is -1.52. The molecule has 5 nitrogen and oxygen atoms in total. The van der Waals surface area contributed by atoms with Crippen molar-refractivity contribution in [2.45, 2.75) is 18.9 Å². The molecule has 1 aliphatic heterocycles. The van der Waals surface area contributed by atoms with Crippen molar-refractivity contribution in [3.63, 3.8) is 0 Å². The van der Waals surface area contributed by atoms with E-state index in [2.05, 4.69) is 6.58 Å². The molecule has 1 saturated heterocycles. The highest BCUT2D eigenvalue weighted by Crippen LogP contribution is 2.48. The van der Waals surface area contributed by atoms with Gasteiger partial charge in [0.15, 0.2) is 0 Å². The number of aliphatic carboxylic acids is 1. The summed E-state index contributed by atoms with van der Waals surface area (Å²) in [6.45, 7) is 4.04. The Bertz CT molecular complexity index is 328. The number of carbonyl (C=O) groups excluding carboxylic acids is 1. The van der Waals surface area contributed by atoms with E-state index < -0.39 is 18.1 Å². The summed E-state index contributed by atoms with van der Waals surface area (Å²) in [5.41, 5.74) is 0. The third-order valence-electron chi connectivity index (χ3n) is 3.27. The summed E-state index contributed by atoms with van der Waals surface area (Å²) >= 11 is 0. The normalized spacial score (nSPS) is 31.5. The maximum absolute atomic E-state index is 11.6. The van der Waals surface area contributed by atoms with Crippen LogP contribution in [-0.2, 0) is 9.53 Å². The SMILES string of the molecule is C=CCOC(=O)N1CC[C@H]2C[C@H]2[C@@H]1C(=O)O. The Kier molecular flexibility index (Phi) is 2.85. The van der Waals surface area contributed by atoms with Crippen molar-refractivity contribution < 1.29 is 19.4 Å². The summed E-state index contributed by atoms with van der Waals surface area (Å²) in [6.07, 6.45) is 2.73. The largest absolute Gasteiger partial charge is 0.480 e. The molecule has 16 heavy (non-hydrogen) atoms. The van der Waals surface area contributed by atoms with Crippen LogP contribution >= 0.6 is 0 Å². The van der Waals surface area contributed by atoms with Crippen molar-refractivity contribution in [2.75, 3.05) is 13.2 Å². The van der Waals surface area contributed by atoms with Gasteiger partial charge in [-0.05, 0) is 24.7 Å². The zero-order chi connectivity index (χ0) is 11.7. The highest BCUT2D eigenvalue weighted by molar-refractivity contribution is 5.81. The Morgan fingerprint density at radius 1 is 1.56 bits per heavy atom. The summed E-state index contributed by atoms with van der Waals surface area (Å²) in [5.74, 6) is -0.310. The van der Waals surface area contributed by atoms with Gasteiger partial charge in [-0.15, -0.1) is 0 Å². The topological polar surface area (TPSA) is 66.8 Å². The van der Waals surface area contributed by atoms with Gasteiger partial charge in [0.25, 0.3) is 0 Å². The Morgan fingerprint density at radius 3 is 2.94 bits per heavy atom. The van der Waals surface area contributed by atoms with Crippen molar-refractivity contribution in [3.05, 3.63) is 12.7 Å². The van der Waals surface area contributed by atoms with Crippen LogP contribution in [0, 0.1) is 11.8 Å². The highest BCUT2D eigenvalue weighted by atomic mass is 16.6. The summed E-state index contributed by atoms with van der Waals surface area (Å²) < 4.78 is 4.88. The van der Waals surface area contributed by atoms with Crippen LogP contribution in [0.1, 0.15) is 12.8 Å². The molecular formula is C11H15NO4. The number of nitrogens with zero attached hydrogens (tertiary/aromatic N) is 1. The lowest BCUT2D eigenvalue weighted by molar-refractivity contribution is -0.144. The van der Waals surface area contributed by atoms with Gasteiger partial charge in [0.1, 0.15) is 12.6 Å². The molecule has 2 fully saturated rings. The number of carboxylic acid groups (broad SMARTS) is 1. The average Bonchev–Trinajstić information content (AvgIpc) is 3.02. The fourth-order valence-corrected chi connectivity index (χ4v) is 2.40. The maximum Gasteiger partial charge on any atom is 0.410 e. The first-order valence-corrected chi connectivity index (χ1v) is 5.42. The summed E-state index contributed by atoms with van der Waals surface area (Å²) in [6, 6.07) is -0.698. The quantitative estimate of drug-likeness (QED) is 0.730. The third kappa shape index (κ3) is 1.89. The van der Waals surface area contributed by atoms with E-state index in [1.54, 1.807) is 0 Å². The molecule has 88 valence electrons. The van der Waals surface area contributed by atoms with Crippen molar-refractivity contribution in [2.24, 2.45) is 11.8 Å². The van der Waals surface area contributed by atoms with Gasteiger partial charge in [-0.2, -0.15) is 0 Å². The average molecular weight is 225 g/mol. The fourth-order valence-electron chi connectivity index (χ4n) is 2.40. The van der Waals surface area contributed by atoms with Crippen LogP contribution in [-0.4, -0.2) is 41.3 Å². The lowest BCUT2D eigenvalue weighted by Gasteiger charge is -2.31. The monoisotopic (exact) mass is 225 g/mol. The highest BCUT2D eigenvalue weighted by Gasteiger charge is 2.53. The molecule has 1 aliphatic carbocycles. The molecule has 0 bridgehead atoms. The summed E-state index contributed by atoms with van der Waals surface area (Å²) in [4.78, 5) is 24.1. The molecule has 1 amide bonds. The summed E-state index contributed by atoms with van der Waals surface area (Å²) in [7, 11) is 0. The summed E-state index contributed by atoms with van der Waals surface area (Å²) in [5, 5.41) is 9.11. The number of rotatable bonds is 3. The Balaban J connectivity index is 2.03. The van der Waals surface area contributed by atoms with E-state index in [9.17, 15) is 9.59 Å². The van der Waals surface area contributed by atoms with E-state index in [4.69, 9.17) is 9.84 Å². The van der Waals surface area contributed by atoms with Gasteiger partial charge < -0.3 is 9.84 Å². The van der Waals surface area contributed by atoms with Crippen molar-refractivity contribution >= 4 is 12.1 Å². The number of fused-ring (bicyclic) bond motifs is 1. The number of ether oxygens (including phenoxy) is 1. The van der Waals surface area contributed by atoms with E-state index in [0.717, 1.165) is 12.8 Å². The van der Waals surface area contributed by atoms with E-state index >= 15 is 0 Å². The molecule has 2 rings (SSSR count). The molecule has 0 radical (unpaired) electrons. The number of hydrogen-bond acceptors (Lipinski definition) is 3. The van der Waals surface area contributed by atoms with Crippen molar-refractivity contribution in [3.8, 4) is 0 Å². The van der Waals surface area contributed by atoms with E-state index in [0.29, 0.717) is 12.5 Å². The lowest BCUT2D eigenvalue weighted by atomic mass is 10.0. The van der Waals surface area contributed by atoms with Gasteiger partial charge in [0, 0.05) is 6.54 Å². The minimum Gasteiger partial charge on any atom is -0.480 e. The number of likely N-dealkylation sites (tertiary alicyclic amines) is 1. The minimum atomic E-state index is -0.928. The smallest absolute Gasteiger partial charge is 0.410 e. The predicted octanol–water partition coefficient (Wildman–Crippen LogP) is 1.10. The molecule has 0 aromatic carbocycles. The number of carboxylic acids is 1. The zero-order valence-electron chi connectivity index (χ0n) is 8.96. The lowest BCUT2D eigenvalue weighted by Crippen LogP contribution is -2.49. The molecule has 0 aromatic heterocycles. The second-order valence-electron chi connectivity index (χ2n) is 4.29. The maximum atomic E-state index is 11.6. The second kappa shape index (κ2) is 4.15. The zero-order valence-corrected chi connectivity index (χ0v) is 8.96. The van der Waals surface area contributed by atoms with Gasteiger partial charge in [-0.3, -0.25) is 4.90 Å². The van der Waals surface area contributed by atoms with Crippen molar-refractivity contribution in [1.29, 1.82) is 0 Å². The van der Waals surface area contributed by atoms with Crippen LogP contribution in [0.25, 0.3) is 0 Å². The molecule has 1 N–H and O–H groups in total. The minimum absolute atomic E-state index is 0.121. The van der Waals surface area contributed by atoms with Gasteiger partial charge in [-0.1, -0.05) is 12.7 Å². The number of piperidine rings is 1. The van der Waals surface area contributed by atoms with Crippen LogP contribution in [0.5, 0.6) is 0 Å². The Morgan fingerprint density at radius 2 is 2.31 bits per heavy atom. The first kappa shape index (κ1) is 11.0. The number of hydrogen-bond donors (Lipinski definition) is 1. The molecule has 1 saturated carbocycles. The Labute approximate surface area is 93.7 Å². The second-order valence-corrected chi connectivity index (χ2v) is 4.29. The van der Waals surface area contributed by atoms with Crippen LogP contribution in [0.3, 0.4) is 0 Å². The van der Waals surface area contributed by atoms with E-state index in [1.165, 1.54) is 11.0 Å². The van der Waals surface area contributed by atoms with Gasteiger partial charge in [-0.25, -0.2) is 9.59 Å². The third-order valence-corrected chi connectivity index (χ3v) is 3.27. The van der Waals surface area contributed by atoms with Crippen LogP contribution in [0.15, 0.2) is 12.7 Å². The van der Waals surface area contributed by atoms with Gasteiger partial charge >= 0.3 is 12.1 Å². The molecule has 0 aromatic rings. The van der Waals surface area contributed by atoms with Crippen LogP contribution in [0.4, 0.5) is 4.79 Å².